The van der Waals surface area contributed by atoms with Crippen LogP contribution < -0.4 is 5.32 Å². The van der Waals surface area contributed by atoms with Gasteiger partial charge in [0.05, 0.1) is 19.8 Å². The van der Waals surface area contributed by atoms with Gasteiger partial charge >= 0.3 is 0 Å². The van der Waals surface area contributed by atoms with Gasteiger partial charge in [-0.2, -0.15) is 0 Å². The molecule has 0 unspecified atom stereocenters. The molecule has 0 aromatic carbocycles. The number of amides is 2. The van der Waals surface area contributed by atoms with E-state index in [0.29, 0.717) is 19.8 Å². The lowest BCUT2D eigenvalue weighted by Gasteiger charge is -2.37. The molecule has 0 aromatic rings. The van der Waals surface area contributed by atoms with Gasteiger partial charge in [-0.15, -0.1) is 6.58 Å². The zero-order valence-electron chi connectivity index (χ0n) is 10.5. The molecule has 1 N–H and O–H groups in total. The number of hydrogen-bond acceptors (Lipinski definition) is 3. The van der Waals surface area contributed by atoms with Gasteiger partial charge < -0.3 is 15.0 Å². The van der Waals surface area contributed by atoms with Crippen molar-refractivity contribution in [2.24, 2.45) is 0 Å². The molecule has 1 rings (SSSR count). The molecule has 0 atom stereocenters. The van der Waals surface area contributed by atoms with Gasteiger partial charge in [0, 0.05) is 6.54 Å². The lowest BCUT2D eigenvalue weighted by atomic mass is 10.0. The zero-order valence-corrected chi connectivity index (χ0v) is 10.5. The van der Waals surface area contributed by atoms with E-state index in [1.165, 1.54) is 4.90 Å². The molecule has 1 saturated heterocycles. The van der Waals surface area contributed by atoms with Crippen LogP contribution in [0, 0.1) is 0 Å². The average Bonchev–Trinajstić information content (AvgIpc) is 2.24. The van der Waals surface area contributed by atoms with E-state index in [0.717, 1.165) is 6.42 Å². The topological polar surface area (TPSA) is 58.6 Å². The van der Waals surface area contributed by atoms with Crippen molar-refractivity contribution in [2.45, 2.75) is 25.8 Å². The normalized spacial score (nSPS) is 19.1. The number of hydrogen-bond donors (Lipinski definition) is 1. The highest BCUT2D eigenvalue weighted by molar-refractivity contribution is 5.97. The maximum Gasteiger partial charge on any atom is 0.248 e. The quantitative estimate of drug-likeness (QED) is 0.537. The summed E-state index contributed by atoms with van der Waals surface area (Å²) in [6.07, 6.45) is 2.57. The molecule has 0 radical (unpaired) electrons. The first-order valence-corrected chi connectivity index (χ1v) is 5.76. The molecule has 0 spiro atoms. The largest absolute Gasteiger partial charge is 0.379 e. The fourth-order valence-electron chi connectivity index (χ4n) is 1.71. The molecule has 1 fully saturated rings. The van der Waals surface area contributed by atoms with Crippen molar-refractivity contribution in [3.8, 4) is 0 Å². The molecular formula is C12H20N2O3. The van der Waals surface area contributed by atoms with E-state index in [-0.39, 0.29) is 18.4 Å². The summed E-state index contributed by atoms with van der Waals surface area (Å²) in [6, 6.07) is 0. The van der Waals surface area contributed by atoms with Crippen molar-refractivity contribution in [3.05, 3.63) is 12.7 Å². The number of carbonyl (C=O) groups is 2. The minimum Gasteiger partial charge on any atom is -0.379 e. The Kier molecular flexibility index (Phi) is 4.69. The Morgan fingerprint density at radius 2 is 2.18 bits per heavy atom. The summed E-state index contributed by atoms with van der Waals surface area (Å²) >= 11 is 0. The van der Waals surface area contributed by atoms with Crippen LogP contribution in [-0.2, 0) is 14.3 Å². The van der Waals surface area contributed by atoms with Gasteiger partial charge in [0.25, 0.3) is 0 Å². The highest BCUT2D eigenvalue weighted by Crippen LogP contribution is 2.12. The average molecular weight is 240 g/mol. The molecule has 0 aromatic heterocycles. The Morgan fingerprint density at radius 3 is 2.82 bits per heavy atom. The van der Waals surface area contributed by atoms with Crippen molar-refractivity contribution in [2.75, 3.05) is 26.3 Å². The smallest absolute Gasteiger partial charge is 0.248 e. The molecular weight excluding hydrogens is 220 g/mol. The van der Waals surface area contributed by atoms with Crippen LogP contribution in [0.4, 0.5) is 0 Å². The molecule has 1 heterocycles. The standard InChI is InChI=1S/C12H20N2O3/c1-4-5-7-17-8-6-14-9-10(15)13-12(2,3)11(14)16/h4H,1,5-9H2,2-3H3,(H,13,15). The number of nitrogens with zero attached hydrogens (tertiary/aromatic N) is 1. The molecule has 0 bridgehead atoms. The summed E-state index contributed by atoms with van der Waals surface area (Å²) in [5.74, 6) is -0.190. The van der Waals surface area contributed by atoms with E-state index in [4.69, 9.17) is 4.74 Å². The predicted molar refractivity (Wildman–Crippen MR) is 64.4 cm³/mol. The van der Waals surface area contributed by atoms with Gasteiger partial charge in [0.15, 0.2) is 0 Å². The summed E-state index contributed by atoms with van der Waals surface area (Å²) in [4.78, 5) is 24.9. The summed E-state index contributed by atoms with van der Waals surface area (Å²) < 4.78 is 5.33. The predicted octanol–water partition coefficient (Wildman–Crippen LogP) is 0.316. The van der Waals surface area contributed by atoms with Crippen molar-refractivity contribution in [1.29, 1.82) is 0 Å². The lowest BCUT2D eigenvalue weighted by Crippen LogP contribution is -2.64. The highest BCUT2D eigenvalue weighted by Gasteiger charge is 2.38. The van der Waals surface area contributed by atoms with Crippen LogP contribution >= 0.6 is 0 Å². The van der Waals surface area contributed by atoms with E-state index in [1.54, 1.807) is 19.9 Å². The van der Waals surface area contributed by atoms with E-state index >= 15 is 0 Å². The molecule has 5 nitrogen and oxygen atoms in total. The second kappa shape index (κ2) is 5.82. The Morgan fingerprint density at radius 1 is 1.47 bits per heavy atom. The summed E-state index contributed by atoms with van der Waals surface area (Å²) in [6.45, 7) is 8.62. The van der Waals surface area contributed by atoms with Crippen LogP contribution in [-0.4, -0.2) is 48.6 Å². The maximum atomic E-state index is 12.0. The molecule has 2 amide bonds. The van der Waals surface area contributed by atoms with Gasteiger partial charge in [0.1, 0.15) is 5.54 Å². The van der Waals surface area contributed by atoms with E-state index in [9.17, 15) is 9.59 Å². The van der Waals surface area contributed by atoms with Crippen LogP contribution in [0.25, 0.3) is 0 Å². The third kappa shape index (κ3) is 3.85. The molecule has 1 aliphatic heterocycles. The van der Waals surface area contributed by atoms with Crippen LogP contribution in [0.5, 0.6) is 0 Å². The summed E-state index contributed by atoms with van der Waals surface area (Å²) in [5.41, 5.74) is -0.809. The minimum atomic E-state index is -0.809. The monoisotopic (exact) mass is 240 g/mol. The third-order valence-corrected chi connectivity index (χ3v) is 2.58. The van der Waals surface area contributed by atoms with E-state index in [1.807, 2.05) is 0 Å². The minimum absolute atomic E-state index is 0.0654. The molecule has 96 valence electrons. The molecule has 0 saturated carbocycles. The molecule has 0 aliphatic carbocycles. The molecule has 5 heteroatoms. The maximum absolute atomic E-state index is 12.0. The van der Waals surface area contributed by atoms with E-state index < -0.39 is 5.54 Å². The van der Waals surface area contributed by atoms with Gasteiger partial charge in [-0.1, -0.05) is 6.08 Å². The lowest BCUT2D eigenvalue weighted by molar-refractivity contribution is -0.149. The SMILES string of the molecule is C=CCCOCCN1CC(=O)NC(C)(C)C1=O. The first-order valence-electron chi connectivity index (χ1n) is 5.76. The van der Waals surface area contributed by atoms with Gasteiger partial charge in [-0.25, -0.2) is 0 Å². The Balaban J connectivity index is 2.39. The number of ether oxygens (including phenoxy) is 1. The molecule has 1 aliphatic rings. The Bertz CT molecular complexity index is 313. The molecule has 17 heavy (non-hydrogen) atoms. The van der Waals surface area contributed by atoms with Crippen molar-refractivity contribution < 1.29 is 14.3 Å². The summed E-state index contributed by atoms with van der Waals surface area (Å²) in [7, 11) is 0. The third-order valence-electron chi connectivity index (χ3n) is 2.58. The van der Waals surface area contributed by atoms with Gasteiger partial charge in [-0.05, 0) is 20.3 Å². The first-order chi connectivity index (χ1) is 7.97. The fraction of sp³-hybridized carbons (Fsp3) is 0.667. The second-order valence-corrected chi connectivity index (χ2v) is 4.59. The van der Waals surface area contributed by atoms with Gasteiger partial charge in [0.2, 0.25) is 11.8 Å². The number of nitrogens with one attached hydrogen (secondary N) is 1. The van der Waals surface area contributed by atoms with Gasteiger partial charge in [-0.3, -0.25) is 9.59 Å². The second-order valence-electron chi connectivity index (χ2n) is 4.59. The van der Waals surface area contributed by atoms with Crippen LogP contribution in [0.2, 0.25) is 0 Å². The van der Waals surface area contributed by atoms with Crippen molar-refractivity contribution in [3.63, 3.8) is 0 Å². The first kappa shape index (κ1) is 13.7. The number of carbonyl (C=O) groups excluding carboxylic acids is 2. The number of rotatable bonds is 6. The zero-order chi connectivity index (χ0) is 12.9. The summed E-state index contributed by atoms with van der Waals surface area (Å²) in [5, 5.41) is 2.66. The Labute approximate surface area is 102 Å². The van der Waals surface area contributed by atoms with Crippen LogP contribution in [0.15, 0.2) is 12.7 Å². The Hall–Kier alpha value is -1.36. The highest BCUT2D eigenvalue weighted by atomic mass is 16.5. The van der Waals surface area contributed by atoms with Crippen LogP contribution in [0.3, 0.4) is 0 Å². The van der Waals surface area contributed by atoms with Crippen molar-refractivity contribution in [1.82, 2.24) is 10.2 Å². The van der Waals surface area contributed by atoms with Crippen molar-refractivity contribution >= 4 is 11.8 Å². The van der Waals surface area contributed by atoms with Crippen LogP contribution in [0.1, 0.15) is 20.3 Å². The fourth-order valence-corrected chi connectivity index (χ4v) is 1.71. The number of piperazine rings is 1. The van der Waals surface area contributed by atoms with E-state index in [2.05, 4.69) is 11.9 Å².